The zero-order chi connectivity index (χ0) is 15.4. The number of amides is 1. The minimum Gasteiger partial charge on any atom is -0.481 e. The molecule has 0 N–H and O–H groups in total. The first-order valence-electron chi connectivity index (χ1n) is 7.15. The zero-order valence-electron chi connectivity index (χ0n) is 13.1. The number of aryl methyl sites for hydroxylation is 1. The molecular formula is C18H21NO2. The quantitative estimate of drug-likeness (QED) is 0.797. The van der Waals surface area contributed by atoms with Gasteiger partial charge in [-0.3, -0.25) is 4.79 Å². The number of ether oxygens (including phenoxy) is 1. The minimum absolute atomic E-state index is 0.0641. The van der Waals surface area contributed by atoms with E-state index in [1.165, 1.54) is 0 Å². The Hall–Kier alpha value is -2.21. The van der Waals surface area contributed by atoms with Crippen molar-refractivity contribution in [2.45, 2.75) is 27.2 Å². The highest BCUT2D eigenvalue weighted by molar-refractivity contribution is 5.90. The van der Waals surface area contributed by atoms with Gasteiger partial charge in [0.25, 0.3) is 0 Å². The second-order valence-electron chi connectivity index (χ2n) is 5.32. The smallest absolute Gasteiger partial charge is 0.229 e. The molecule has 110 valence electrons. The lowest BCUT2D eigenvalue weighted by molar-refractivity contribution is -0.131. The molecule has 1 heterocycles. The van der Waals surface area contributed by atoms with E-state index in [0.717, 1.165) is 29.0 Å². The summed E-state index contributed by atoms with van der Waals surface area (Å²) in [6.45, 7) is 6.19. The van der Waals surface area contributed by atoms with Gasteiger partial charge < -0.3 is 9.64 Å². The maximum Gasteiger partial charge on any atom is 0.229 e. The van der Waals surface area contributed by atoms with E-state index in [2.05, 4.69) is 17.9 Å². The first kappa shape index (κ1) is 15.2. The van der Waals surface area contributed by atoms with E-state index in [9.17, 15) is 4.79 Å². The van der Waals surface area contributed by atoms with Crippen molar-refractivity contribution in [3.63, 3.8) is 0 Å². The van der Waals surface area contributed by atoms with Gasteiger partial charge >= 0.3 is 0 Å². The van der Waals surface area contributed by atoms with Crippen LogP contribution in [0.25, 0.3) is 5.70 Å². The minimum atomic E-state index is 0.0641. The van der Waals surface area contributed by atoms with Gasteiger partial charge in [-0.1, -0.05) is 18.9 Å². The molecule has 1 aliphatic heterocycles. The summed E-state index contributed by atoms with van der Waals surface area (Å²) in [6, 6.07) is 5.93. The van der Waals surface area contributed by atoms with Crippen LogP contribution < -0.4 is 4.74 Å². The van der Waals surface area contributed by atoms with Gasteiger partial charge in [0.05, 0.1) is 0 Å². The molecule has 0 aromatic heterocycles. The number of carbonyl (C=O) groups excluding carboxylic acids is 1. The molecule has 0 bridgehead atoms. The van der Waals surface area contributed by atoms with Crippen LogP contribution in [0, 0.1) is 24.7 Å². The number of hydrogen-bond acceptors (Lipinski definition) is 2. The molecule has 0 saturated carbocycles. The highest BCUT2D eigenvalue weighted by Gasteiger charge is 2.25. The number of carbonyl (C=O) groups is 1. The van der Waals surface area contributed by atoms with Crippen molar-refractivity contribution in [2.24, 2.45) is 5.92 Å². The molecule has 0 aliphatic carbocycles. The second-order valence-corrected chi connectivity index (χ2v) is 5.32. The molecule has 0 saturated heterocycles. The van der Waals surface area contributed by atoms with Gasteiger partial charge in [0, 0.05) is 24.2 Å². The SMILES string of the molecule is CC#CCOc1ccc(C2=CCC(C)C(=O)N2C)c(C)c1. The highest BCUT2D eigenvalue weighted by atomic mass is 16.5. The van der Waals surface area contributed by atoms with Crippen molar-refractivity contribution >= 4 is 11.6 Å². The summed E-state index contributed by atoms with van der Waals surface area (Å²) in [7, 11) is 1.84. The molecule has 0 fully saturated rings. The summed E-state index contributed by atoms with van der Waals surface area (Å²) in [5.74, 6) is 6.72. The van der Waals surface area contributed by atoms with Crippen LogP contribution in [0.15, 0.2) is 24.3 Å². The van der Waals surface area contributed by atoms with Crippen LogP contribution in [0.2, 0.25) is 0 Å². The van der Waals surface area contributed by atoms with E-state index in [-0.39, 0.29) is 11.8 Å². The van der Waals surface area contributed by atoms with Crippen molar-refractivity contribution in [3.8, 4) is 17.6 Å². The van der Waals surface area contributed by atoms with Crippen LogP contribution in [0.1, 0.15) is 31.4 Å². The lowest BCUT2D eigenvalue weighted by Crippen LogP contribution is -2.33. The number of rotatable bonds is 3. The maximum atomic E-state index is 12.1. The average molecular weight is 283 g/mol. The standard InChI is InChI=1S/C18H21NO2/c1-5-6-11-21-15-8-9-16(14(3)12-15)17-10-7-13(2)18(20)19(17)4/h8-10,12-13H,7,11H2,1-4H3. The number of benzene rings is 1. The highest BCUT2D eigenvalue weighted by Crippen LogP contribution is 2.30. The molecule has 1 aliphatic rings. The first-order chi connectivity index (χ1) is 10.0. The van der Waals surface area contributed by atoms with Gasteiger partial charge in [-0.05, 0) is 44.0 Å². The number of hydrogen-bond donors (Lipinski definition) is 0. The van der Waals surface area contributed by atoms with E-state index in [1.54, 1.807) is 11.8 Å². The first-order valence-corrected chi connectivity index (χ1v) is 7.15. The topological polar surface area (TPSA) is 29.5 Å². The van der Waals surface area contributed by atoms with Gasteiger partial charge in [-0.15, -0.1) is 5.92 Å². The molecule has 0 spiro atoms. The lowest BCUT2D eigenvalue weighted by Gasteiger charge is -2.29. The summed E-state index contributed by atoms with van der Waals surface area (Å²) in [4.78, 5) is 13.9. The van der Waals surface area contributed by atoms with Crippen molar-refractivity contribution < 1.29 is 9.53 Å². The summed E-state index contributed by atoms with van der Waals surface area (Å²) < 4.78 is 5.56. The largest absolute Gasteiger partial charge is 0.481 e. The van der Waals surface area contributed by atoms with Crippen LogP contribution >= 0.6 is 0 Å². The van der Waals surface area contributed by atoms with Gasteiger partial charge in [0.15, 0.2) is 0 Å². The molecule has 3 nitrogen and oxygen atoms in total. The van der Waals surface area contributed by atoms with Crippen LogP contribution in [-0.4, -0.2) is 24.5 Å². The summed E-state index contributed by atoms with van der Waals surface area (Å²) >= 11 is 0. The van der Waals surface area contributed by atoms with Crippen molar-refractivity contribution in [2.75, 3.05) is 13.7 Å². The summed E-state index contributed by atoms with van der Waals surface area (Å²) in [6.07, 6.45) is 2.93. The molecule has 0 radical (unpaired) electrons. The van der Waals surface area contributed by atoms with Gasteiger partial charge in [-0.2, -0.15) is 0 Å². The van der Waals surface area contributed by atoms with Crippen LogP contribution in [0.4, 0.5) is 0 Å². The monoisotopic (exact) mass is 283 g/mol. The normalized spacial score (nSPS) is 17.9. The fourth-order valence-electron chi connectivity index (χ4n) is 2.47. The Labute approximate surface area is 126 Å². The second kappa shape index (κ2) is 6.49. The molecule has 1 unspecified atom stereocenters. The molecule has 21 heavy (non-hydrogen) atoms. The Bertz CT molecular complexity index is 634. The molecule has 2 rings (SSSR count). The lowest BCUT2D eigenvalue weighted by atomic mass is 9.95. The summed E-state index contributed by atoms with van der Waals surface area (Å²) in [5.41, 5.74) is 3.15. The van der Waals surface area contributed by atoms with E-state index >= 15 is 0 Å². The van der Waals surface area contributed by atoms with E-state index in [1.807, 2.05) is 39.1 Å². The average Bonchev–Trinajstić information content (AvgIpc) is 2.46. The van der Waals surface area contributed by atoms with E-state index in [0.29, 0.717) is 6.61 Å². The van der Waals surface area contributed by atoms with Gasteiger partial charge in [-0.25, -0.2) is 0 Å². The van der Waals surface area contributed by atoms with Crippen LogP contribution in [0.5, 0.6) is 5.75 Å². The number of allylic oxidation sites excluding steroid dienone is 1. The fourth-order valence-corrected chi connectivity index (χ4v) is 2.47. The Morgan fingerprint density at radius 2 is 2.19 bits per heavy atom. The fraction of sp³-hybridized carbons (Fsp3) is 0.389. The maximum absolute atomic E-state index is 12.1. The molecule has 3 heteroatoms. The Morgan fingerprint density at radius 1 is 1.43 bits per heavy atom. The third kappa shape index (κ3) is 3.28. The predicted octanol–water partition coefficient (Wildman–Crippen LogP) is 3.24. The molecule has 1 amide bonds. The molecule has 1 aromatic rings. The van der Waals surface area contributed by atoms with Gasteiger partial charge in [0.1, 0.15) is 12.4 Å². The third-order valence-corrected chi connectivity index (χ3v) is 3.74. The van der Waals surface area contributed by atoms with Crippen molar-refractivity contribution in [1.82, 2.24) is 4.90 Å². The van der Waals surface area contributed by atoms with E-state index in [4.69, 9.17) is 4.74 Å². The molecule has 1 aromatic carbocycles. The van der Waals surface area contributed by atoms with Gasteiger partial charge in [0.2, 0.25) is 5.91 Å². The predicted molar refractivity (Wildman–Crippen MR) is 84.7 cm³/mol. The number of nitrogens with zero attached hydrogens (tertiary/aromatic N) is 1. The molecule has 1 atom stereocenters. The summed E-state index contributed by atoms with van der Waals surface area (Å²) in [5, 5.41) is 0. The van der Waals surface area contributed by atoms with Crippen molar-refractivity contribution in [1.29, 1.82) is 0 Å². The Balaban J connectivity index is 2.24. The van der Waals surface area contributed by atoms with Crippen LogP contribution in [0.3, 0.4) is 0 Å². The molecular weight excluding hydrogens is 262 g/mol. The van der Waals surface area contributed by atoms with E-state index < -0.39 is 0 Å². The van der Waals surface area contributed by atoms with Crippen LogP contribution in [-0.2, 0) is 4.79 Å². The Morgan fingerprint density at radius 3 is 2.86 bits per heavy atom. The zero-order valence-corrected chi connectivity index (χ0v) is 13.1. The van der Waals surface area contributed by atoms with Crippen molar-refractivity contribution in [3.05, 3.63) is 35.4 Å². The third-order valence-electron chi connectivity index (χ3n) is 3.74. The Kier molecular flexibility index (Phi) is 4.70.